The Hall–Kier alpha value is -1.75. The number of hydrogen-bond acceptors (Lipinski definition) is 4. The van der Waals surface area contributed by atoms with E-state index in [0.29, 0.717) is 0 Å². The van der Waals surface area contributed by atoms with E-state index in [1.807, 2.05) is 0 Å². The van der Waals surface area contributed by atoms with Gasteiger partial charge < -0.3 is 0 Å². The summed E-state index contributed by atoms with van der Waals surface area (Å²) in [5.74, 6) is 0. The fourth-order valence-electron chi connectivity index (χ4n) is 3.09. The number of nitrogens with zero attached hydrogens (tertiary/aromatic N) is 5. The lowest BCUT2D eigenvalue weighted by Crippen LogP contribution is -2.38. The van der Waals surface area contributed by atoms with E-state index in [-0.39, 0.29) is 6.17 Å². The van der Waals surface area contributed by atoms with Gasteiger partial charge in [0.1, 0.15) is 0 Å². The maximum absolute atomic E-state index is 4.28. The normalized spacial score (nSPS) is 17.8. The summed E-state index contributed by atoms with van der Waals surface area (Å²) < 4.78 is 0. The average Bonchev–Trinajstić information content (AvgIpc) is 3.05. The first kappa shape index (κ1) is 14.2. The van der Waals surface area contributed by atoms with Crippen molar-refractivity contribution in [1.29, 1.82) is 0 Å². The zero-order valence-electron chi connectivity index (χ0n) is 12.6. The SMILES string of the molecule is CCCc1ccc([C@H](N2CCCCC2)n2ncnn2)cc1. The Morgan fingerprint density at radius 2 is 1.86 bits per heavy atom. The van der Waals surface area contributed by atoms with E-state index < -0.39 is 0 Å². The van der Waals surface area contributed by atoms with E-state index in [0.717, 1.165) is 19.5 Å². The molecule has 1 aliphatic heterocycles. The smallest absolute Gasteiger partial charge is 0.162 e. The van der Waals surface area contributed by atoms with Gasteiger partial charge in [0, 0.05) is 13.1 Å². The fraction of sp³-hybridized carbons (Fsp3) is 0.562. The molecular formula is C16H23N5. The van der Waals surface area contributed by atoms with Gasteiger partial charge in [0.2, 0.25) is 0 Å². The topological polar surface area (TPSA) is 46.8 Å². The van der Waals surface area contributed by atoms with Crippen molar-refractivity contribution in [2.45, 2.75) is 45.2 Å². The number of tetrazole rings is 1. The van der Waals surface area contributed by atoms with E-state index in [1.54, 1.807) is 4.80 Å². The van der Waals surface area contributed by atoms with Crippen LogP contribution >= 0.6 is 0 Å². The van der Waals surface area contributed by atoms with Crippen LogP contribution in [0.15, 0.2) is 30.6 Å². The third kappa shape index (κ3) is 3.29. The average molecular weight is 285 g/mol. The van der Waals surface area contributed by atoms with Crippen LogP contribution in [0.25, 0.3) is 0 Å². The number of likely N-dealkylation sites (tertiary alicyclic amines) is 1. The monoisotopic (exact) mass is 285 g/mol. The number of piperidine rings is 1. The summed E-state index contributed by atoms with van der Waals surface area (Å²) in [7, 11) is 0. The molecule has 1 saturated heterocycles. The minimum absolute atomic E-state index is 0.0727. The first-order valence-electron chi connectivity index (χ1n) is 7.94. The first-order valence-corrected chi connectivity index (χ1v) is 7.94. The summed E-state index contributed by atoms with van der Waals surface area (Å²) in [6.07, 6.45) is 7.73. The van der Waals surface area contributed by atoms with E-state index in [1.165, 1.54) is 43.1 Å². The van der Waals surface area contributed by atoms with Crippen molar-refractivity contribution < 1.29 is 0 Å². The van der Waals surface area contributed by atoms with Crippen LogP contribution in [0.5, 0.6) is 0 Å². The standard InChI is InChI=1S/C16H23N5/c1-2-6-14-7-9-15(10-8-14)16(21-18-13-17-19-21)20-11-4-3-5-12-20/h7-10,13,16H,2-6,11-12H2,1H3/t16-/m1/s1. The van der Waals surface area contributed by atoms with Gasteiger partial charge in [0.05, 0.1) is 0 Å². The van der Waals surface area contributed by atoms with E-state index in [9.17, 15) is 0 Å². The van der Waals surface area contributed by atoms with Crippen LogP contribution in [-0.2, 0) is 6.42 Å². The Morgan fingerprint density at radius 1 is 1.10 bits per heavy atom. The van der Waals surface area contributed by atoms with Gasteiger partial charge in [0.25, 0.3) is 0 Å². The van der Waals surface area contributed by atoms with Crippen molar-refractivity contribution in [3.05, 3.63) is 41.7 Å². The molecule has 21 heavy (non-hydrogen) atoms. The van der Waals surface area contributed by atoms with Gasteiger partial charge in [-0.25, -0.2) is 0 Å². The van der Waals surface area contributed by atoms with Crippen molar-refractivity contribution in [3.8, 4) is 0 Å². The lowest BCUT2D eigenvalue weighted by Gasteiger charge is -2.33. The van der Waals surface area contributed by atoms with E-state index >= 15 is 0 Å². The minimum atomic E-state index is 0.0727. The molecule has 5 nitrogen and oxygen atoms in total. The number of benzene rings is 1. The van der Waals surface area contributed by atoms with Crippen LogP contribution in [0.1, 0.15) is 49.9 Å². The van der Waals surface area contributed by atoms with Gasteiger partial charge in [-0.3, -0.25) is 4.90 Å². The van der Waals surface area contributed by atoms with Crippen molar-refractivity contribution >= 4 is 0 Å². The lowest BCUT2D eigenvalue weighted by atomic mass is 10.0. The molecule has 1 atom stereocenters. The van der Waals surface area contributed by atoms with Crippen molar-refractivity contribution in [2.24, 2.45) is 0 Å². The molecular weight excluding hydrogens is 262 g/mol. The highest BCUT2D eigenvalue weighted by Crippen LogP contribution is 2.25. The molecule has 1 aromatic carbocycles. The van der Waals surface area contributed by atoms with Crippen LogP contribution in [0.3, 0.4) is 0 Å². The second-order valence-electron chi connectivity index (χ2n) is 5.72. The predicted octanol–water partition coefficient (Wildman–Crippen LogP) is 2.66. The summed E-state index contributed by atoms with van der Waals surface area (Å²) in [6, 6.07) is 8.89. The Bertz CT molecular complexity index is 528. The Kier molecular flexibility index (Phi) is 4.60. The molecule has 0 radical (unpaired) electrons. The Balaban J connectivity index is 1.87. The second-order valence-corrected chi connectivity index (χ2v) is 5.72. The van der Waals surface area contributed by atoms with Crippen molar-refractivity contribution in [2.75, 3.05) is 13.1 Å². The van der Waals surface area contributed by atoms with Crippen LogP contribution in [0.4, 0.5) is 0 Å². The predicted molar refractivity (Wildman–Crippen MR) is 81.8 cm³/mol. The molecule has 0 bridgehead atoms. The Labute approximate surface area is 126 Å². The molecule has 0 saturated carbocycles. The minimum Gasteiger partial charge on any atom is -0.277 e. The fourth-order valence-corrected chi connectivity index (χ4v) is 3.09. The third-order valence-corrected chi connectivity index (χ3v) is 4.14. The van der Waals surface area contributed by atoms with Gasteiger partial charge >= 0.3 is 0 Å². The number of rotatable bonds is 5. The summed E-state index contributed by atoms with van der Waals surface area (Å²) in [4.78, 5) is 4.19. The largest absolute Gasteiger partial charge is 0.277 e. The summed E-state index contributed by atoms with van der Waals surface area (Å²) in [5, 5.41) is 12.3. The maximum Gasteiger partial charge on any atom is 0.162 e. The molecule has 1 fully saturated rings. The molecule has 112 valence electrons. The lowest BCUT2D eigenvalue weighted by molar-refractivity contribution is 0.119. The molecule has 0 aliphatic carbocycles. The molecule has 0 unspecified atom stereocenters. The van der Waals surface area contributed by atoms with Crippen molar-refractivity contribution in [1.82, 2.24) is 25.1 Å². The Morgan fingerprint density at radius 3 is 2.48 bits per heavy atom. The zero-order chi connectivity index (χ0) is 14.5. The van der Waals surface area contributed by atoms with Crippen molar-refractivity contribution in [3.63, 3.8) is 0 Å². The van der Waals surface area contributed by atoms with Gasteiger partial charge in [0.15, 0.2) is 12.5 Å². The molecule has 0 N–H and O–H groups in total. The quantitative estimate of drug-likeness (QED) is 0.847. The molecule has 0 amide bonds. The van der Waals surface area contributed by atoms with Crippen LogP contribution in [0, 0.1) is 0 Å². The summed E-state index contributed by atoms with van der Waals surface area (Å²) in [6.45, 7) is 4.41. The number of hydrogen-bond donors (Lipinski definition) is 0. The van der Waals surface area contributed by atoms with Gasteiger partial charge in [-0.15, -0.1) is 15.0 Å². The van der Waals surface area contributed by atoms with E-state index in [4.69, 9.17) is 0 Å². The zero-order valence-corrected chi connectivity index (χ0v) is 12.6. The number of aryl methyl sites for hydroxylation is 1. The van der Waals surface area contributed by atoms with Crippen LogP contribution in [-0.4, -0.2) is 38.2 Å². The molecule has 3 rings (SSSR count). The van der Waals surface area contributed by atoms with Crippen LogP contribution in [0.2, 0.25) is 0 Å². The summed E-state index contributed by atoms with van der Waals surface area (Å²) in [5.41, 5.74) is 2.64. The molecule has 1 aromatic heterocycles. The number of aromatic nitrogens is 4. The summed E-state index contributed by atoms with van der Waals surface area (Å²) >= 11 is 0. The highest BCUT2D eigenvalue weighted by Gasteiger charge is 2.25. The highest BCUT2D eigenvalue weighted by atomic mass is 15.6. The maximum atomic E-state index is 4.28. The van der Waals surface area contributed by atoms with Gasteiger partial charge in [-0.05, 0) is 35.6 Å². The second kappa shape index (κ2) is 6.80. The third-order valence-electron chi connectivity index (χ3n) is 4.14. The molecule has 2 heterocycles. The molecule has 2 aromatic rings. The van der Waals surface area contributed by atoms with Gasteiger partial charge in [-0.1, -0.05) is 44.0 Å². The molecule has 5 heteroatoms. The van der Waals surface area contributed by atoms with Crippen LogP contribution < -0.4 is 0 Å². The van der Waals surface area contributed by atoms with E-state index in [2.05, 4.69) is 51.5 Å². The van der Waals surface area contributed by atoms with Gasteiger partial charge in [-0.2, -0.15) is 0 Å². The molecule has 0 spiro atoms. The first-order chi connectivity index (χ1) is 10.4. The highest BCUT2D eigenvalue weighted by molar-refractivity contribution is 5.25. The molecule has 1 aliphatic rings.